The maximum atomic E-state index is 12.8. The number of aromatic nitrogens is 2. The van der Waals surface area contributed by atoms with Gasteiger partial charge >= 0.3 is 6.18 Å². The SMILES string of the molecule is OC(CCCCCOc1cccc(C(F)(F)F)c1)(Cn1ccnc1)c1ccc(Cl)cc1. The van der Waals surface area contributed by atoms with Crippen LogP contribution in [0.1, 0.15) is 36.8 Å². The highest BCUT2D eigenvalue weighted by Crippen LogP contribution is 2.32. The first-order valence-corrected chi connectivity index (χ1v) is 10.4. The number of halogens is 4. The summed E-state index contributed by atoms with van der Waals surface area (Å²) in [6.45, 7) is 0.664. The van der Waals surface area contributed by atoms with E-state index in [1.54, 1.807) is 30.9 Å². The molecule has 1 atom stereocenters. The largest absolute Gasteiger partial charge is 0.494 e. The highest BCUT2D eigenvalue weighted by molar-refractivity contribution is 6.30. The smallest absolute Gasteiger partial charge is 0.416 e. The summed E-state index contributed by atoms with van der Waals surface area (Å²) < 4.78 is 45.6. The molecule has 0 fully saturated rings. The molecule has 1 heterocycles. The Bertz CT molecular complexity index is 946. The van der Waals surface area contributed by atoms with Crippen molar-refractivity contribution in [2.24, 2.45) is 0 Å². The number of unbranched alkanes of at least 4 members (excludes halogenated alkanes) is 2. The average Bonchev–Trinajstić information content (AvgIpc) is 3.23. The van der Waals surface area contributed by atoms with Crippen molar-refractivity contribution in [3.05, 3.63) is 83.4 Å². The fourth-order valence-corrected chi connectivity index (χ4v) is 3.53. The molecule has 0 spiro atoms. The topological polar surface area (TPSA) is 47.3 Å². The molecule has 0 saturated carbocycles. The molecule has 0 aliphatic carbocycles. The summed E-state index contributed by atoms with van der Waals surface area (Å²) in [7, 11) is 0. The molecule has 4 nitrogen and oxygen atoms in total. The van der Waals surface area contributed by atoms with Crippen LogP contribution in [0.5, 0.6) is 5.75 Å². The fraction of sp³-hybridized carbons (Fsp3) is 0.348. The van der Waals surface area contributed by atoms with Gasteiger partial charge in [-0.25, -0.2) is 4.98 Å². The molecule has 2 aromatic carbocycles. The van der Waals surface area contributed by atoms with E-state index in [2.05, 4.69) is 4.98 Å². The van der Waals surface area contributed by atoms with Gasteiger partial charge in [0.25, 0.3) is 0 Å². The third kappa shape index (κ3) is 6.74. The lowest BCUT2D eigenvalue weighted by Gasteiger charge is -2.29. The number of nitrogens with zero attached hydrogens (tertiary/aromatic N) is 2. The molecule has 3 rings (SSSR count). The minimum absolute atomic E-state index is 0.201. The summed E-state index contributed by atoms with van der Waals surface area (Å²) in [5.41, 5.74) is -1.05. The molecule has 1 unspecified atom stereocenters. The van der Waals surface area contributed by atoms with E-state index in [4.69, 9.17) is 16.3 Å². The van der Waals surface area contributed by atoms with E-state index in [0.717, 1.165) is 30.5 Å². The predicted molar refractivity (Wildman–Crippen MR) is 113 cm³/mol. The van der Waals surface area contributed by atoms with Crippen molar-refractivity contribution >= 4 is 11.6 Å². The number of alkyl halides is 3. The van der Waals surface area contributed by atoms with Gasteiger partial charge in [0.2, 0.25) is 0 Å². The van der Waals surface area contributed by atoms with Crippen LogP contribution in [0.15, 0.2) is 67.3 Å². The van der Waals surface area contributed by atoms with Crippen LogP contribution in [0.2, 0.25) is 5.02 Å². The molecule has 0 radical (unpaired) electrons. The zero-order valence-corrected chi connectivity index (χ0v) is 17.6. The Morgan fingerprint density at radius 3 is 2.45 bits per heavy atom. The molecule has 166 valence electrons. The van der Waals surface area contributed by atoms with Crippen molar-refractivity contribution in [3.63, 3.8) is 0 Å². The van der Waals surface area contributed by atoms with Gasteiger partial charge in [-0.05, 0) is 55.2 Å². The zero-order chi connectivity index (χ0) is 22.3. The van der Waals surface area contributed by atoms with Gasteiger partial charge in [0.15, 0.2) is 0 Å². The predicted octanol–water partition coefficient (Wildman–Crippen LogP) is 6.08. The molecular formula is C23H24ClF3N2O2. The van der Waals surface area contributed by atoms with Gasteiger partial charge in [0, 0.05) is 17.4 Å². The molecule has 8 heteroatoms. The number of benzene rings is 2. The highest BCUT2D eigenvalue weighted by Gasteiger charge is 2.31. The first-order chi connectivity index (χ1) is 14.8. The first-order valence-electron chi connectivity index (χ1n) is 10.0. The van der Waals surface area contributed by atoms with Crippen LogP contribution in [0.25, 0.3) is 0 Å². The molecule has 0 amide bonds. The van der Waals surface area contributed by atoms with Crippen LogP contribution in [0, 0.1) is 0 Å². The van der Waals surface area contributed by atoms with Gasteiger partial charge in [-0.15, -0.1) is 0 Å². The van der Waals surface area contributed by atoms with Crippen LogP contribution >= 0.6 is 11.6 Å². The average molecular weight is 453 g/mol. The molecule has 0 bridgehead atoms. The Morgan fingerprint density at radius 1 is 1.00 bits per heavy atom. The van der Waals surface area contributed by atoms with Crippen molar-refractivity contribution in [1.29, 1.82) is 0 Å². The van der Waals surface area contributed by atoms with E-state index in [-0.39, 0.29) is 5.75 Å². The second-order valence-corrected chi connectivity index (χ2v) is 7.89. The number of imidazole rings is 1. The number of hydrogen-bond donors (Lipinski definition) is 1. The van der Waals surface area contributed by atoms with E-state index < -0.39 is 17.3 Å². The normalized spacial score (nSPS) is 13.7. The lowest BCUT2D eigenvalue weighted by Crippen LogP contribution is -2.31. The van der Waals surface area contributed by atoms with E-state index in [1.165, 1.54) is 12.1 Å². The van der Waals surface area contributed by atoms with E-state index >= 15 is 0 Å². The molecule has 0 aliphatic heterocycles. The first kappa shape index (κ1) is 23.2. The summed E-state index contributed by atoms with van der Waals surface area (Å²) in [5, 5.41) is 12.0. The van der Waals surface area contributed by atoms with Crippen LogP contribution in [-0.4, -0.2) is 21.3 Å². The van der Waals surface area contributed by atoms with Crippen molar-refractivity contribution in [1.82, 2.24) is 9.55 Å². The summed E-state index contributed by atoms with van der Waals surface area (Å²) in [6.07, 6.45) is 3.38. The molecule has 31 heavy (non-hydrogen) atoms. The minimum atomic E-state index is -4.39. The second kappa shape index (κ2) is 10.2. The van der Waals surface area contributed by atoms with Crippen LogP contribution in [0.3, 0.4) is 0 Å². The van der Waals surface area contributed by atoms with Crippen molar-refractivity contribution < 1.29 is 23.0 Å². The second-order valence-electron chi connectivity index (χ2n) is 7.46. The molecule has 0 aliphatic rings. The number of ether oxygens (including phenoxy) is 1. The molecular weight excluding hydrogens is 429 g/mol. The Labute approximate surface area is 184 Å². The number of aliphatic hydroxyl groups is 1. The summed E-state index contributed by atoms with van der Waals surface area (Å²) >= 11 is 5.98. The van der Waals surface area contributed by atoms with Crippen LogP contribution in [0.4, 0.5) is 13.2 Å². The minimum Gasteiger partial charge on any atom is -0.494 e. The van der Waals surface area contributed by atoms with Gasteiger partial charge < -0.3 is 14.4 Å². The van der Waals surface area contributed by atoms with Crippen molar-refractivity contribution in [2.45, 2.75) is 44.0 Å². The van der Waals surface area contributed by atoms with Gasteiger partial charge in [-0.3, -0.25) is 0 Å². The summed E-state index contributed by atoms with van der Waals surface area (Å²) in [4.78, 5) is 4.03. The molecule has 3 aromatic rings. The highest BCUT2D eigenvalue weighted by atomic mass is 35.5. The van der Waals surface area contributed by atoms with Gasteiger partial charge in [0.05, 0.1) is 25.0 Å². The Balaban J connectivity index is 1.51. The van der Waals surface area contributed by atoms with E-state index in [0.29, 0.717) is 31.0 Å². The van der Waals surface area contributed by atoms with Crippen molar-refractivity contribution in [2.75, 3.05) is 6.61 Å². The van der Waals surface area contributed by atoms with Gasteiger partial charge in [-0.2, -0.15) is 13.2 Å². The monoisotopic (exact) mass is 452 g/mol. The molecule has 1 N–H and O–H groups in total. The Hall–Kier alpha value is -2.51. The third-order valence-corrected chi connectivity index (χ3v) is 5.30. The van der Waals surface area contributed by atoms with E-state index in [1.807, 2.05) is 16.7 Å². The van der Waals surface area contributed by atoms with Crippen LogP contribution in [-0.2, 0) is 18.3 Å². The van der Waals surface area contributed by atoms with Gasteiger partial charge in [0.1, 0.15) is 11.4 Å². The van der Waals surface area contributed by atoms with Gasteiger partial charge in [-0.1, -0.05) is 36.2 Å². The van der Waals surface area contributed by atoms with E-state index in [9.17, 15) is 18.3 Å². The zero-order valence-electron chi connectivity index (χ0n) is 16.9. The third-order valence-electron chi connectivity index (χ3n) is 5.05. The maximum Gasteiger partial charge on any atom is 0.416 e. The number of hydrogen-bond acceptors (Lipinski definition) is 3. The Kier molecular flexibility index (Phi) is 7.62. The quantitative estimate of drug-likeness (QED) is 0.379. The summed E-state index contributed by atoms with van der Waals surface area (Å²) in [5.74, 6) is 0.201. The fourth-order valence-electron chi connectivity index (χ4n) is 3.41. The molecule has 1 aromatic heterocycles. The Morgan fingerprint density at radius 2 is 1.77 bits per heavy atom. The lowest BCUT2D eigenvalue weighted by atomic mass is 9.88. The maximum absolute atomic E-state index is 12.8. The summed E-state index contributed by atoms with van der Waals surface area (Å²) in [6, 6.07) is 12.0. The van der Waals surface area contributed by atoms with Crippen LogP contribution < -0.4 is 4.74 Å². The standard InChI is InChI=1S/C23H24ClF3N2O2/c24-20-9-7-18(8-10-20)22(30,16-29-13-12-28-17-29)11-2-1-3-14-31-21-6-4-5-19(15-21)23(25,26)27/h4-10,12-13,15,17,30H,1-3,11,14,16H2. The number of rotatable bonds is 10. The lowest BCUT2D eigenvalue weighted by molar-refractivity contribution is -0.137. The van der Waals surface area contributed by atoms with Crippen molar-refractivity contribution in [3.8, 4) is 5.75 Å². The molecule has 0 saturated heterocycles.